The van der Waals surface area contributed by atoms with Gasteiger partial charge in [0.2, 0.25) is 0 Å². The molecule has 0 aromatic heterocycles. The number of hydrogen-bond acceptors (Lipinski definition) is 2. The smallest absolute Gasteiger partial charge is 0.318 e. The standard InChI is InChI=1S/C17H22N2O2/c1-3-11-19(16-9-4-5-10-16)17(21)18-15-8-6-7-14(12-15)13(2)20/h3,6-8,12,16H,1,4-5,9-11H2,2H3,(H,18,21). The van der Waals surface area contributed by atoms with Gasteiger partial charge in [-0.25, -0.2) is 4.79 Å². The highest BCUT2D eigenvalue weighted by molar-refractivity contribution is 5.96. The summed E-state index contributed by atoms with van der Waals surface area (Å²) < 4.78 is 0. The van der Waals surface area contributed by atoms with Gasteiger partial charge >= 0.3 is 6.03 Å². The van der Waals surface area contributed by atoms with E-state index in [2.05, 4.69) is 11.9 Å². The fourth-order valence-corrected chi connectivity index (χ4v) is 2.76. The molecule has 2 amide bonds. The summed E-state index contributed by atoms with van der Waals surface area (Å²) in [6.45, 7) is 5.79. The Bertz CT molecular complexity index is 533. The predicted molar refractivity (Wildman–Crippen MR) is 84.6 cm³/mol. The molecule has 1 aromatic rings. The molecule has 1 saturated carbocycles. The lowest BCUT2D eigenvalue weighted by molar-refractivity contribution is 0.101. The van der Waals surface area contributed by atoms with Crippen LogP contribution in [0.2, 0.25) is 0 Å². The number of ketones is 1. The van der Waals surface area contributed by atoms with Gasteiger partial charge in [-0.05, 0) is 31.9 Å². The van der Waals surface area contributed by atoms with E-state index in [0.29, 0.717) is 23.8 Å². The number of carbonyl (C=O) groups excluding carboxylic acids is 2. The first-order chi connectivity index (χ1) is 10.1. The van der Waals surface area contributed by atoms with Crippen molar-refractivity contribution >= 4 is 17.5 Å². The highest BCUT2D eigenvalue weighted by Crippen LogP contribution is 2.24. The molecule has 0 radical (unpaired) electrons. The maximum atomic E-state index is 12.5. The molecule has 0 atom stereocenters. The minimum Gasteiger partial charge on any atom is -0.318 e. The van der Waals surface area contributed by atoms with Gasteiger partial charge in [0, 0.05) is 23.8 Å². The molecule has 0 bridgehead atoms. The Morgan fingerprint density at radius 2 is 2.10 bits per heavy atom. The van der Waals surface area contributed by atoms with Crippen molar-refractivity contribution in [1.82, 2.24) is 4.90 Å². The van der Waals surface area contributed by atoms with Crippen LogP contribution in [0, 0.1) is 0 Å². The summed E-state index contributed by atoms with van der Waals surface area (Å²) in [7, 11) is 0. The highest BCUT2D eigenvalue weighted by atomic mass is 16.2. The maximum absolute atomic E-state index is 12.5. The average molecular weight is 286 g/mol. The molecule has 0 heterocycles. The minimum absolute atomic E-state index is 0.00941. The van der Waals surface area contributed by atoms with Crippen molar-refractivity contribution in [3.63, 3.8) is 0 Å². The van der Waals surface area contributed by atoms with Gasteiger partial charge in [-0.3, -0.25) is 4.79 Å². The van der Waals surface area contributed by atoms with E-state index >= 15 is 0 Å². The minimum atomic E-state index is -0.123. The van der Waals surface area contributed by atoms with Crippen molar-refractivity contribution in [2.45, 2.75) is 38.6 Å². The number of nitrogens with one attached hydrogen (secondary N) is 1. The van der Waals surface area contributed by atoms with Gasteiger partial charge in [-0.2, -0.15) is 0 Å². The van der Waals surface area contributed by atoms with Crippen LogP contribution in [0.3, 0.4) is 0 Å². The zero-order valence-corrected chi connectivity index (χ0v) is 12.5. The lowest BCUT2D eigenvalue weighted by Crippen LogP contribution is -2.41. The van der Waals surface area contributed by atoms with E-state index in [-0.39, 0.29) is 11.8 Å². The third-order valence-corrected chi connectivity index (χ3v) is 3.87. The van der Waals surface area contributed by atoms with E-state index in [4.69, 9.17) is 0 Å². The lowest BCUT2D eigenvalue weighted by Gasteiger charge is -2.28. The Hall–Kier alpha value is -2.10. The van der Waals surface area contributed by atoms with Crippen LogP contribution in [-0.4, -0.2) is 29.3 Å². The van der Waals surface area contributed by atoms with Crippen LogP contribution in [0.5, 0.6) is 0 Å². The fourth-order valence-electron chi connectivity index (χ4n) is 2.76. The van der Waals surface area contributed by atoms with Crippen LogP contribution >= 0.6 is 0 Å². The molecular weight excluding hydrogens is 264 g/mol. The van der Waals surface area contributed by atoms with Crippen LogP contribution in [0.4, 0.5) is 10.5 Å². The van der Waals surface area contributed by atoms with Gasteiger partial charge in [0.25, 0.3) is 0 Å². The van der Waals surface area contributed by atoms with Gasteiger partial charge in [0.1, 0.15) is 0 Å². The molecule has 0 aliphatic heterocycles. The van der Waals surface area contributed by atoms with E-state index in [0.717, 1.165) is 12.8 Å². The normalized spacial score (nSPS) is 14.7. The average Bonchev–Trinajstić information content (AvgIpc) is 2.98. The molecule has 112 valence electrons. The number of urea groups is 1. The molecule has 1 fully saturated rings. The Morgan fingerprint density at radius 1 is 1.38 bits per heavy atom. The number of hydrogen-bond donors (Lipinski definition) is 1. The summed E-state index contributed by atoms with van der Waals surface area (Å²) in [5.41, 5.74) is 1.25. The summed E-state index contributed by atoms with van der Waals surface area (Å²) in [4.78, 5) is 25.7. The Morgan fingerprint density at radius 3 is 2.71 bits per heavy atom. The third-order valence-electron chi connectivity index (χ3n) is 3.87. The predicted octanol–water partition coefficient (Wildman–Crippen LogP) is 3.85. The Kier molecular flexibility index (Phi) is 5.14. The first-order valence-corrected chi connectivity index (χ1v) is 7.41. The number of anilines is 1. The van der Waals surface area contributed by atoms with E-state index in [1.165, 1.54) is 19.8 Å². The van der Waals surface area contributed by atoms with Crippen molar-refractivity contribution in [2.75, 3.05) is 11.9 Å². The van der Waals surface area contributed by atoms with Crippen LogP contribution in [-0.2, 0) is 0 Å². The maximum Gasteiger partial charge on any atom is 0.322 e. The fraction of sp³-hybridized carbons (Fsp3) is 0.412. The van der Waals surface area contributed by atoms with Crippen molar-refractivity contribution in [3.05, 3.63) is 42.5 Å². The summed E-state index contributed by atoms with van der Waals surface area (Å²) in [6.07, 6.45) is 6.20. The number of nitrogens with zero attached hydrogens (tertiary/aromatic N) is 1. The molecular formula is C17H22N2O2. The molecule has 1 aliphatic rings. The molecule has 0 saturated heterocycles. The van der Waals surface area contributed by atoms with Gasteiger partial charge in [0.05, 0.1) is 0 Å². The zero-order chi connectivity index (χ0) is 15.2. The monoisotopic (exact) mass is 286 g/mol. The second kappa shape index (κ2) is 7.07. The molecule has 0 unspecified atom stereocenters. The summed E-state index contributed by atoms with van der Waals surface area (Å²) >= 11 is 0. The number of rotatable bonds is 5. The van der Waals surface area contributed by atoms with E-state index in [9.17, 15) is 9.59 Å². The number of Topliss-reactive ketones (excluding diaryl/α,β-unsaturated/α-hetero) is 1. The second-order valence-corrected chi connectivity index (χ2v) is 5.45. The van der Waals surface area contributed by atoms with Crippen LogP contribution in [0.15, 0.2) is 36.9 Å². The molecule has 4 heteroatoms. The first kappa shape index (κ1) is 15.3. The summed E-state index contributed by atoms with van der Waals surface area (Å²) in [5.74, 6) is -0.00941. The topological polar surface area (TPSA) is 49.4 Å². The van der Waals surface area contributed by atoms with Crippen molar-refractivity contribution in [1.29, 1.82) is 0 Å². The van der Waals surface area contributed by atoms with Gasteiger partial charge in [-0.1, -0.05) is 31.1 Å². The SMILES string of the molecule is C=CCN(C(=O)Nc1cccc(C(C)=O)c1)C1CCCC1. The number of benzene rings is 1. The Balaban J connectivity index is 2.08. The first-order valence-electron chi connectivity index (χ1n) is 7.41. The summed E-state index contributed by atoms with van der Waals surface area (Å²) in [6, 6.07) is 7.20. The molecule has 0 spiro atoms. The Labute approximate surface area is 125 Å². The highest BCUT2D eigenvalue weighted by Gasteiger charge is 2.25. The molecule has 4 nitrogen and oxygen atoms in total. The van der Waals surface area contributed by atoms with E-state index in [1.54, 1.807) is 30.3 Å². The molecule has 1 aliphatic carbocycles. The van der Waals surface area contributed by atoms with E-state index < -0.39 is 0 Å². The third kappa shape index (κ3) is 3.94. The van der Waals surface area contributed by atoms with Crippen LogP contribution < -0.4 is 5.32 Å². The van der Waals surface area contributed by atoms with Crippen molar-refractivity contribution in [2.24, 2.45) is 0 Å². The largest absolute Gasteiger partial charge is 0.322 e. The van der Waals surface area contributed by atoms with Crippen LogP contribution in [0.1, 0.15) is 43.0 Å². The van der Waals surface area contributed by atoms with Gasteiger partial charge < -0.3 is 10.2 Å². The molecule has 1 N–H and O–H groups in total. The quantitative estimate of drug-likeness (QED) is 0.660. The number of amides is 2. The van der Waals surface area contributed by atoms with Gasteiger partial charge in [-0.15, -0.1) is 6.58 Å². The van der Waals surface area contributed by atoms with Gasteiger partial charge in [0.15, 0.2) is 5.78 Å². The summed E-state index contributed by atoms with van der Waals surface area (Å²) in [5, 5.41) is 2.89. The van der Waals surface area contributed by atoms with Crippen molar-refractivity contribution < 1.29 is 9.59 Å². The lowest BCUT2D eigenvalue weighted by atomic mass is 10.1. The van der Waals surface area contributed by atoms with Crippen molar-refractivity contribution in [3.8, 4) is 0 Å². The number of carbonyl (C=O) groups is 2. The zero-order valence-electron chi connectivity index (χ0n) is 12.5. The molecule has 1 aromatic carbocycles. The molecule has 21 heavy (non-hydrogen) atoms. The van der Waals surface area contributed by atoms with E-state index in [1.807, 2.05) is 4.90 Å². The van der Waals surface area contributed by atoms with Crippen LogP contribution in [0.25, 0.3) is 0 Å². The second-order valence-electron chi connectivity index (χ2n) is 5.45. The molecule has 2 rings (SSSR count).